The molecule has 0 unspecified atom stereocenters. The van der Waals surface area contributed by atoms with E-state index in [1.165, 1.54) is 0 Å². The molecule has 0 aromatic carbocycles. The number of hydrogen-bond donors (Lipinski definition) is 2. The molecule has 80 valence electrons. The maximum Gasteiger partial charge on any atom is 0.332 e. The maximum absolute atomic E-state index is 10.5. The Hall–Kier alpha value is -1.06. The van der Waals surface area contributed by atoms with E-state index >= 15 is 0 Å². The van der Waals surface area contributed by atoms with E-state index in [2.05, 4.69) is 38.2 Å². The lowest BCUT2D eigenvalue weighted by Crippen LogP contribution is -2.34. The van der Waals surface area contributed by atoms with Crippen LogP contribution < -0.4 is 11.2 Å². The zero-order chi connectivity index (χ0) is 11.0. The molecular formula is C10H19N3O. The van der Waals surface area contributed by atoms with Crippen molar-refractivity contribution >= 4 is 11.7 Å². The Kier molecular flexibility index (Phi) is 2.56. The highest BCUT2D eigenvalue weighted by molar-refractivity contribution is 5.93. The van der Waals surface area contributed by atoms with Gasteiger partial charge in [-0.2, -0.15) is 5.10 Å². The summed E-state index contributed by atoms with van der Waals surface area (Å²) >= 11 is 0. The number of urea groups is 1. The fourth-order valence-electron chi connectivity index (χ4n) is 1.76. The number of carbonyl (C=O) groups is 1. The summed E-state index contributed by atoms with van der Waals surface area (Å²) < 4.78 is 0. The molecule has 3 N–H and O–H groups in total. The number of carbonyl (C=O) groups excluding carboxylic acids is 1. The summed E-state index contributed by atoms with van der Waals surface area (Å²) in [5, 5.41) is 4.06. The normalized spacial score (nSPS) is 26.4. The molecule has 0 bridgehead atoms. The summed E-state index contributed by atoms with van der Waals surface area (Å²) in [5.74, 6) is 0. The molecule has 0 radical (unpaired) electrons. The molecule has 14 heavy (non-hydrogen) atoms. The first-order valence-electron chi connectivity index (χ1n) is 4.90. The molecule has 1 saturated carbocycles. The molecule has 0 atom stereocenters. The van der Waals surface area contributed by atoms with Crippen LogP contribution in [-0.2, 0) is 0 Å². The van der Waals surface area contributed by atoms with Crippen molar-refractivity contribution in [3.63, 3.8) is 0 Å². The second-order valence-electron chi connectivity index (χ2n) is 5.04. The average molecular weight is 197 g/mol. The summed E-state index contributed by atoms with van der Waals surface area (Å²) in [4.78, 5) is 10.5. The minimum Gasteiger partial charge on any atom is -0.350 e. The summed E-state index contributed by atoms with van der Waals surface area (Å²) in [7, 11) is 0. The second-order valence-corrected chi connectivity index (χ2v) is 5.04. The van der Waals surface area contributed by atoms with Gasteiger partial charge in [-0.1, -0.05) is 27.7 Å². The zero-order valence-corrected chi connectivity index (χ0v) is 9.35. The van der Waals surface area contributed by atoms with E-state index in [9.17, 15) is 4.79 Å². The van der Waals surface area contributed by atoms with Crippen LogP contribution in [0.4, 0.5) is 4.79 Å². The number of hydrogen-bond acceptors (Lipinski definition) is 2. The first-order chi connectivity index (χ1) is 6.27. The number of rotatable bonds is 1. The molecule has 0 heterocycles. The molecule has 4 heteroatoms. The monoisotopic (exact) mass is 197 g/mol. The van der Waals surface area contributed by atoms with Crippen LogP contribution in [-0.4, -0.2) is 11.7 Å². The summed E-state index contributed by atoms with van der Waals surface area (Å²) in [6.45, 7) is 8.75. The lowest BCUT2D eigenvalue weighted by Gasteiger charge is -2.34. The van der Waals surface area contributed by atoms with Crippen molar-refractivity contribution in [3.05, 3.63) is 0 Å². The highest BCUT2D eigenvalue weighted by Gasteiger charge is 2.46. The number of nitrogens with zero attached hydrogens (tertiary/aromatic N) is 1. The smallest absolute Gasteiger partial charge is 0.332 e. The van der Waals surface area contributed by atoms with Crippen LogP contribution in [0.3, 0.4) is 0 Å². The lowest BCUT2D eigenvalue weighted by atomic mass is 9.70. The van der Waals surface area contributed by atoms with Crippen LogP contribution in [0.25, 0.3) is 0 Å². The van der Waals surface area contributed by atoms with Crippen LogP contribution in [0.5, 0.6) is 0 Å². The van der Waals surface area contributed by atoms with Gasteiger partial charge in [-0.25, -0.2) is 10.2 Å². The van der Waals surface area contributed by atoms with Crippen molar-refractivity contribution in [2.45, 2.75) is 40.5 Å². The van der Waals surface area contributed by atoms with Gasteiger partial charge in [0.15, 0.2) is 0 Å². The topological polar surface area (TPSA) is 67.5 Å². The zero-order valence-electron chi connectivity index (χ0n) is 9.35. The third kappa shape index (κ3) is 1.74. The fraction of sp³-hybridized carbons (Fsp3) is 0.800. The Balaban J connectivity index is 2.84. The predicted molar refractivity (Wildman–Crippen MR) is 57.0 cm³/mol. The largest absolute Gasteiger partial charge is 0.350 e. The predicted octanol–water partition coefficient (Wildman–Crippen LogP) is 1.86. The van der Waals surface area contributed by atoms with Crippen LogP contribution >= 0.6 is 0 Å². The van der Waals surface area contributed by atoms with Gasteiger partial charge in [-0.3, -0.25) is 0 Å². The van der Waals surface area contributed by atoms with Gasteiger partial charge in [0.25, 0.3) is 0 Å². The third-order valence-electron chi connectivity index (χ3n) is 3.70. The molecular weight excluding hydrogens is 178 g/mol. The maximum atomic E-state index is 10.5. The minimum atomic E-state index is -0.599. The molecule has 2 amide bonds. The summed E-state index contributed by atoms with van der Waals surface area (Å²) in [5.41, 5.74) is 8.56. The number of hydrazone groups is 1. The van der Waals surface area contributed by atoms with Gasteiger partial charge >= 0.3 is 6.03 Å². The van der Waals surface area contributed by atoms with Crippen molar-refractivity contribution in [3.8, 4) is 0 Å². The number of nitrogens with two attached hydrogens (primary N) is 1. The Morgan fingerprint density at radius 3 is 2.36 bits per heavy atom. The molecule has 1 fully saturated rings. The van der Waals surface area contributed by atoms with E-state index in [1.54, 1.807) is 0 Å². The molecule has 0 saturated heterocycles. The minimum absolute atomic E-state index is 0.0233. The lowest BCUT2D eigenvalue weighted by molar-refractivity contribution is 0.208. The van der Waals surface area contributed by atoms with Crippen LogP contribution in [0.1, 0.15) is 40.5 Å². The Morgan fingerprint density at radius 1 is 1.43 bits per heavy atom. The Labute approximate surface area is 84.9 Å². The summed E-state index contributed by atoms with van der Waals surface area (Å²) in [6, 6.07) is -0.599. The molecule has 0 aliphatic heterocycles. The van der Waals surface area contributed by atoms with E-state index in [0.29, 0.717) is 0 Å². The van der Waals surface area contributed by atoms with E-state index in [4.69, 9.17) is 5.73 Å². The number of amides is 2. The molecule has 1 aliphatic carbocycles. The van der Waals surface area contributed by atoms with E-state index < -0.39 is 6.03 Å². The van der Waals surface area contributed by atoms with Gasteiger partial charge in [0.05, 0.1) is 0 Å². The molecule has 0 aromatic rings. The first kappa shape index (κ1) is 11.0. The van der Waals surface area contributed by atoms with Crippen molar-refractivity contribution in [1.82, 2.24) is 5.43 Å². The first-order valence-corrected chi connectivity index (χ1v) is 4.90. The van der Waals surface area contributed by atoms with E-state index in [1.807, 2.05) is 0 Å². The number of nitrogens with one attached hydrogen (secondary N) is 1. The van der Waals surface area contributed by atoms with Crippen LogP contribution in [0, 0.1) is 10.8 Å². The van der Waals surface area contributed by atoms with Gasteiger partial charge in [0, 0.05) is 11.1 Å². The van der Waals surface area contributed by atoms with E-state index in [0.717, 1.165) is 18.6 Å². The Bertz CT molecular complexity index is 279. The quantitative estimate of drug-likeness (QED) is 0.619. The Morgan fingerprint density at radius 2 is 2.00 bits per heavy atom. The van der Waals surface area contributed by atoms with Crippen LogP contribution in [0.2, 0.25) is 0 Å². The standard InChI is InChI=1S/C10H19N3O/c1-9(2)6-5-7(10(9,3)4)12-13-8(11)14/h5-6H2,1-4H3,(H3,11,13,14)/b12-7+. The average Bonchev–Trinajstić information content (AvgIpc) is 2.20. The van der Waals surface area contributed by atoms with Crippen molar-refractivity contribution in [2.24, 2.45) is 21.7 Å². The van der Waals surface area contributed by atoms with Gasteiger partial charge in [-0.05, 0) is 18.3 Å². The highest BCUT2D eigenvalue weighted by atomic mass is 16.2. The third-order valence-corrected chi connectivity index (χ3v) is 3.70. The molecule has 4 nitrogen and oxygen atoms in total. The van der Waals surface area contributed by atoms with Crippen molar-refractivity contribution < 1.29 is 4.79 Å². The molecule has 1 rings (SSSR count). The SMILES string of the molecule is CC1(C)CC/C(=N\NC(N)=O)C1(C)C. The second kappa shape index (κ2) is 3.26. The highest BCUT2D eigenvalue weighted by Crippen LogP contribution is 2.49. The fourth-order valence-corrected chi connectivity index (χ4v) is 1.76. The van der Waals surface area contributed by atoms with E-state index in [-0.39, 0.29) is 10.8 Å². The van der Waals surface area contributed by atoms with Gasteiger partial charge in [0.1, 0.15) is 0 Å². The van der Waals surface area contributed by atoms with Crippen LogP contribution in [0.15, 0.2) is 5.10 Å². The van der Waals surface area contributed by atoms with Gasteiger partial charge < -0.3 is 5.73 Å². The molecule has 1 aliphatic rings. The van der Waals surface area contributed by atoms with Gasteiger partial charge in [-0.15, -0.1) is 0 Å². The van der Waals surface area contributed by atoms with Crippen molar-refractivity contribution in [1.29, 1.82) is 0 Å². The molecule has 0 aromatic heterocycles. The van der Waals surface area contributed by atoms with Gasteiger partial charge in [0.2, 0.25) is 0 Å². The summed E-state index contributed by atoms with van der Waals surface area (Å²) in [6.07, 6.45) is 2.03. The number of primary amides is 1. The van der Waals surface area contributed by atoms with Crippen molar-refractivity contribution in [2.75, 3.05) is 0 Å². The molecule has 0 spiro atoms.